The zero-order valence-corrected chi connectivity index (χ0v) is 14.0. The number of benzene rings is 1. The van der Waals surface area contributed by atoms with E-state index >= 15 is 0 Å². The number of halogens is 4. The van der Waals surface area contributed by atoms with Crippen LogP contribution >= 0.6 is 12.4 Å². The van der Waals surface area contributed by atoms with Gasteiger partial charge >= 0.3 is 6.18 Å². The highest BCUT2D eigenvalue weighted by molar-refractivity contribution is 5.94. The van der Waals surface area contributed by atoms with Gasteiger partial charge in [0, 0.05) is 24.3 Å². The van der Waals surface area contributed by atoms with Gasteiger partial charge < -0.3 is 10.6 Å². The Balaban J connectivity index is 0.00000225. The number of carbonyl (C=O) groups excluding carboxylic acids is 1. The summed E-state index contributed by atoms with van der Waals surface area (Å²) < 4.78 is 39.0. The van der Waals surface area contributed by atoms with Crippen molar-refractivity contribution in [3.05, 3.63) is 47.8 Å². The van der Waals surface area contributed by atoms with Gasteiger partial charge in [0.05, 0.1) is 5.69 Å². The zero-order chi connectivity index (χ0) is 17.2. The lowest BCUT2D eigenvalue weighted by Gasteiger charge is -2.12. The van der Waals surface area contributed by atoms with Crippen LogP contribution in [0.3, 0.4) is 0 Å². The average molecular weight is 375 g/mol. The number of amides is 1. The first-order valence-corrected chi connectivity index (χ1v) is 7.68. The van der Waals surface area contributed by atoms with Crippen molar-refractivity contribution in [2.24, 2.45) is 0 Å². The quantitative estimate of drug-likeness (QED) is 0.865. The van der Waals surface area contributed by atoms with Gasteiger partial charge in [-0.1, -0.05) is 6.07 Å². The minimum absolute atomic E-state index is 0. The number of alkyl halides is 3. The number of rotatable bonds is 4. The third-order valence-corrected chi connectivity index (χ3v) is 3.92. The molecule has 25 heavy (non-hydrogen) atoms. The van der Waals surface area contributed by atoms with E-state index in [4.69, 9.17) is 0 Å². The first-order valence-electron chi connectivity index (χ1n) is 7.68. The predicted octanol–water partition coefficient (Wildman–Crippen LogP) is 2.79. The maximum absolute atomic E-state index is 12.6. The Labute approximate surface area is 149 Å². The average Bonchev–Trinajstić information content (AvgIpc) is 3.23. The summed E-state index contributed by atoms with van der Waals surface area (Å²) in [5, 5.41) is 9.63. The van der Waals surface area contributed by atoms with E-state index in [2.05, 4.69) is 15.7 Å². The van der Waals surface area contributed by atoms with E-state index in [1.807, 2.05) is 0 Å². The Morgan fingerprint density at radius 3 is 2.80 bits per heavy atom. The molecule has 0 saturated carbocycles. The Morgan fingerprint density at radius 2 is 2.16 bits per heavy atom. The van der Waals surface area contributed by atoms with Gasteiger partial charge in [0.2, 0.25) is 0 Å². The molecule has 0 bridgehead atoms. The van der Waals surface area contributed by atoms with Crippen molar-refractivity contribution in [1.29, 1.82) is 0 Å². The largest absolute Gasteiger partial charge is 0.435 e. The first kappa shape index (κ1) is 19.3. The lowest BCUT2D eigenvalue weighted by Crippen LogP contribution is -2.37. The molecule has 1 saturated heterocycles. The molecule has 2 N–H and O–H groups in total. The van der Waals surface area contributed by atoms with Crippen molar-refractivity contribution in [2.75, 3.05) is 13.1 Å². The predicted molar refractivity (Wildman–Crippen MR) is 89.2 cm³/mol. The molecule has 0 radical (unpaired) electrons. The molecule has 1 aliphatic heterocycles. The fraction of sp³-hybridized carbons (Fsp3) is 0.375. The van der Waals surface area contributed by atoms with Gasteiger partial charge in [0.1, 0.15) is 0 Å². The van der Waals surface area contributed by atoms with Crippen molar-refractivity contribution in [1.82, 2.24) is 20.4 Å². The van der Waals surface area contributed by atoms with Gasteiger partial charge in [-0.05, 0) is 43.7 Å². The molecule has 1 unspecified atom stereocenters. The van der Waals surface area contributed by atoms with E-state index in [1.54, 1.807) is 18.2 Å². The van der Waals surface area contributed by atoms with Crippen LogP contribution in [-0.2, 0) is 6.18 Å². The van der Waals surface area contributed by atoms with Crippen molar-refractivity contribution < 1.29 is 18.0 Å². The molecule has 9 heteroatoms. The maximum Gasteiger partial charge on any atom is 0.435 e. The Bertz CT molecular complexity index is 726. The van der Waals surface area contributed by atoms with Gasteiger partial charge in [-0.3, -0.25) is 4.79 Å². The minimum Gasteiger partial charge on any atom is -0.350 e. The van der Waals surface area contributed by atoms with Crippen LogP contribution < -0.4 is 10.6 Å². The molecule has 0 aliphatic carbocycles. The molecule has 1 amide bonds. The summed E-state index contributed by atoms with van der Waals surface area (Å²) in [6.07, 6.45) is -1.15. The molecule has 1 atom stereocenters. The van der Waals surface area contributed by atoms with Crippen LogP contribution in [0, 0.1) is 0 Å². The molecule has 2 heterocycles. The van der Waals surface area contributed by atoms with E-state index < -0.39 is 11.9 Å². The fourth-order valence-electron chi connectivity index (χ4n) is 2.66. The highest BCUT2D eigenvalue weighted by Crippen LogP contribution is 2.27. The van der Waals surface area contributed by atoms with E-state index in [9.17, 15) is 18.0 Å². The summed E-state index contributed by atoms with van der Waals surface area (Å²) in [6.45, 7) is 1.49. The van der Waals surface area contributed by atoms with Crippen molar-refractivity contribution in [3.63, 3.8) is 0 Å². The third-order valence-electron chi connectivity index (χ3n) is 3.92. The molecule has 0 spiro atoms. The van der Waals surface area contributed by atoms with Crippen LogP contribution in [0.1, 0.15) is 28.9 Å². The third kappa shape index (κ3) is 4.73. The normalized spacial score (nSPS) is 17.2. The molecule has 1 aromatic heterocycles. The maximum atomic E-state index is 12.6. The van der Waals surface area contributed by atoms with Crippen LogP contribution in [0.2, 0.25) is 0 Å². The number of hydrogen-bond acceptors (Lipinski definition) is 3. The molecule has 2 aromatic rings. The van der Waals surface area contributed by atoms with Crippen LogP contribution in [0.15, 0.2) is 36.5 Å². The standard InChI is InChI=1S/C16H17F3N4O.ClH/c17-16(18,19)14-6-8-23(22-14)13-5-1-3-11(9-13)15(24)21-10-12-4-2-7-20-12;/h1,3,5-6,8-9,12,20H,2,4,7,10H2,(H,21,24);1H. The number of nitrogens with one attached hydrogen (secondary N) is 2. The Morgan fingerprint density at radius 1 is 1.36 bits per heavy atom. The number of nitrogens with zero attached hydrogens (tertiary/aromatic N) is 2. The number of hydrogen-bond donors (Lipinski definition) is 2. The highest BCUT2D eigenvalue weighted by atomic mass is 35.5. The van der Waals surface area contributed by atoms with Crippen LogP contribution in [-0.4, -0.2) is 34.8 Å². The molecule has 136 valence electrons. The summed E-state index contributed by atoms with van der Waals surface area (Å²) >= 11 is 0. The van der Waals surface area contributed by atoms with E-state index in [-0.39, 0.29) is 24.4 Å². The molecular weight excluding hydrogens is 357 g/mol. The molecule has 3 rings (SSSR count). The van der Waals surface area contributed by atoms with Gasteiger partial charge in [-0.15, -0.1) is 12.4 Å². The topological polar surface area (TPSA) is 59.0 Å². The second kappa shape index (κ2) is 7.88. The molecule has 1 aliphatic rings. The van der Waals surface area contributed by atoms with E-state index in [0.717, 1.165) is 30.1 Å². The number of aromatic nitrogens is 2. The monoisotopic (exact) mass is 374 g/mol. The van der Waals surface area contributed by atoms with Crippen molar-refractivity contribution >= 4 is 18.3 Å². The second-order valence-electron chi connectivity index (χ2n) is 5.70. The summed E-state index contributed by atoms with van der Waals surface area (Å²) in [5.41, 5.74) is -0.184. The molecule has 5 nitrogen and oxygen atoms in total. The Hall–Kier alpha value is -2.06. The fourth-order valence-corrected chi connectivity index (χ4v) is 2.66. The van der Waals surface area contributed by atoms with E-state index in [1.165, 1.54) is 12.3 Å². The van der Waals surface area contributed by atoms with Crippen molar-refractivity contribution in [2.45, 2.75) is 25.1 Å². The lowest BCUT2D eigenvalue weighted by molar-refractivity contribution is -0.141. The smallest absolute Gasteiger partial charge is 0.350 e. The summed E-state index contributed by atoms with van der Waals surface area (Å²) in [5.74, 6) is -0.256. The van der Waals surface area contributed by atoms with Gasteiger partial charge in [0.25, 0.3) is 5.91 Å². The highest BCUT2D eigenvalue weighted by Gasteiger charge is 2.33. The Kier molecular flexibility index (Phi) is 6.07. The van der Waals surface area contributed by atoms with Gasteiger partial charge in [-0.2, -0.15) is 18.3 Å². The van der Waals surface area contributed by atoms with Gasteiger partial charge in [0.15, 0.2) is 5.69 Å². The molecule has 1 aromatic carbocycles. The number of carbonyl (C=O) groups is 1. The summed E-state index contributed by atoms with van der Waals surface area (Å²) in [6, 6.07) is 7.53. The molecule has 1 fully saturated rings. The van der Waals surface area contributed by atoms with Gasteiger partial charge in [-0.25, -0.2) is 4.68 Å². The SMILES string of the molecule is Cl.O=C(NCC1CCCN1)c1cccc(-n2ccc(C(F)(F)F)n2)c1. The van der Waals surface area contributed by atoms with Crippen LogP contribution in [0.5, 0.6) is 0 Å². The second-order valence-corrected chi connectivity index (χ2v) is 5.70. The van der Waals surface area contributed by atoms with Crippen molar-refractivity contribution in [3.8, 4) is 5.69 Å². The van der Waals surface area contributed by atoms with E-state index in [0.29, 0.717) is 17.8 Å². The molecular formula is C16H18ClF3N4O. The summed E-state index contributed by atoms with van der Waals surface area (Å²) in [7, 11) is 0. The van der Waals surface area contributed by atoms with Crippen LogP contribution in [0.25, 0.3) is 5.69 Å². The first-order chi connectivity index (χ1) is 11.4. The lowest BCUT2D eigenvalue weighted by atomic mass is 10.1. The van der Waals surface area contributed by atoms with Crippen LogP contribution in [0.4, 0.5) is 13.2 Å². The zero-order valence-electron chi connectivity index (χ0n) is 13.2. The minimum atomic E-state index is -4.49. The summed E-state index contributed by atoms with van der Waals surface area (Å²) in [4.78, 5) is 12.2.